The van der Waals surface area contributed by atoms with Gasteiger partial charge in [0.1, 0.15) is 0 Å². The summed E-state index contributed by atoms with van der Waals surface area (Å²) in [4.78, 5) is 0. The maximum Gasteiger partial charge on any atom is 0.0575 e. The minimum absolute atomic E-state index is 0.195. The van der Waals surface area contributed by atoms with Gasteiger partial charge in [-0.25, -0.2) is 0 Å². The standard InChI is InChI=1S/C18H30N2O/c1-18(2,3)15-9-7-14(8-10-15)17(20-19)12-11-16-6-4-5-13-21-16/h7-10,16-17,20H,4-6,11-13,19H2,1-3H3. The molecule has 1 aliphatic heterocycles. The fourth-order valence-electron chi connectivity index (χ4n) is 2.95. The summed E-state index contributed by atoms with van der Waals surface area (Å²) < 4.78 is 5.80. The molecule has 0 saturated carbocycles. The van der Waals surface area contributed by atoms with Crippen LogP contribution < -0.4 is 11.3 Å². The van der Waals surface area contributed by atoms with E-state index >= 15 is 0 Å². The van der Waals surface area contributed by atoms with Crippen molar-refractivity contribution in [1.82, 2.24) is 5.43 Å². The van der Waals surface area contributed by atoms with Gasteiger partial charge in [-0.15, -0.1) is 0 Å². The van der Waals surface area contributed by atoms with Crippen LogP contribution in [0.5, 0.6) is 0 Å². The Morgan fingerprint density at radius 3 is 2.48 bits per heavy atom. The normalized spacial score (nSPS) is 21.2. The van der Waals surface area contributed by atoms with Crippen molar-refractivity contribution < 1.29 is 4.74 Å². The van der Waals surface area contributed by atoms with Gasteiger partial charge in [-0.1, -0.05) is 45.0 Å². The van der Waals surface area contributed by atoms with Crippen LogP contribution in [0.4, 0.5) is 0 Å². The zero-order chi connectivity index (χ0) is 15.3. The molecule has 1 aromatic rings. The lowest BCUT2D eigenvalue weighted by atomic mass is 9.86. The molecule has 0 bridgehead atoms. The molecule has 3 nitrogen and oxygen atoms in total. The van der Waals surface area contributed by atoms with Crippen molar-refractivity contribution in [3.8, 4) is 0 Å². The molecule has 2 atom stereocenters. The molecule has 3 heteroatoms. The number of hydrogen-bond donors (Lipinski definition) is 2. The summed E-state index contributed by atoms with van der Waals surface area (Å²) in [6.07, 6.45) is 6.23. The van der Waals surface area contributed by atoms with Crippen molar-refractivity contribution in [1.29, 1.82) is 0 Å². The minimum atomic E-state index is 0.195. The average Bonchev–Trinajstić information content (AvgIpc) is 2.48. The van der Waals surface area contributed by atoms with Crippen molar-refractivity contribution in [3.05, 3.63) is 35.4 Å². The molecule has 0 aromatic heterocycles. The van der Waals surface area contributed by atoms with Crippen molar-refractivity contribution in [2.75, 3.05) is 6.61 Å². The topological polar surface area (TPSA) is 47.3 Å². The molecule has 0 spiro atoms. The predicted octanol–water partition coefficient (Wildman–Crippen LogP) is 3.84. The van der Waals surface area contributed by atoms with E-state index in [9.17, 15) is 0 Å². The van der Waals surface area contributed by atoms with Gasteiger partial charge in [-0.05, 0) is 48.6 Å². The maximum absolute atomic E-state index is 5.80. The Bertz CT molecular complexity index is 416. The van der Waals surface area contributed by atoms with E-state index in [0.29, 0.717) is 6.10 Å². The SMILES string of the molecule is CC(C)(C)c1ccc(C(CCC2CCCCO2)NN)cc1. The lowest BCUT2D eigenvalue weighted by Crippen LogP contribution is -2.29. The molecular formula is C18H30N2O. The molecule has 0 amide bonds. The number of rotatable bonds is 5. The quantitative estimate of drug-likeness (QED) is 0.640. The van der Waals surface area contributed by atoms with E-state index in [1.54, 1.807) is 0 Å². The molecule has 3 N–H and O–H groups in total. The van der Waals surface area contributed by atoms with Crippen molar-refractivity contribution in [3.63, 3.8) is 0 Å². The lowest BCUT2D eigenvalue weighted by molar-refractivity contribution is 0.00854. The highest BCUT2D eigenvalue weighted by Gasteiger charge is 2.18. The van der Waals surface area contributed by atoms with Crippen molar-refractivity contribution in [2.24, 2.45) is 5.84 Å². The highest BCUT2D eigenvalue weighted by molar-refractivity contribution is 5.29. The largest absolute Gasteiger partial charge is 0.378 e. The molecular weight excluding hydrogens is 260 g/mol. The van der Waals surface area contributed by atoms with Gasteiger partial charge in [0.05, 0.1) is 6.10 Å². The van der Waals surface area contributed by atoms with Crippen LogP contribution in [0.1, 0.15) is 70.0 Å². The third-order valence-corrected chi connectivity index (χ3v) is 4.43. The molecule has 2 rings (SSSR count). The summed E-state index contributed by atoms with van der Waals surface area (Å²) in [6, 6.07) is 9.05. The monoisotopic (exact) mass is 290 g/mol. The number of benzene rings is 1. The number of hydrazine groups is 1. The molecule has 21 heavy (non-hydrogen) atoms. The second-order valence-corrected chi connectivity index (χ2v) is 7.16. The summed E-state index contributed by atoms with van der Waals surface area (Å²) in [6.45, 7) is 7.63. The third kappa shape index (κ3) is 4.80. The fraction of sp³-hybridized carbons (Fsp3) is 0.667. The first-order valence-electron chi connectivity index (χ1n) is 8.19. The van der Waals surface area contributed by atoms with E-state index in [1.807, 2.05) is 0 Å². The third-order valence-electron chi connectivity index (χ3n) is 4.43. The van der Waals surface area contributed by atoms with Gasteiger partial charge in [0, 0.05) is 12.6 Å². The Kier molecular flexibility index (Phi) is 5.80. The number of ether oxygens (including phenoxy) is 1. The van der Waals surface area contributed by atoms with Gasteiger partial charge in [0.25, 0.3) is 0 Å². The Balaban J connectivity index is 1.93. The van der Waals surface area contributed by atoms with Gasteiger partial charge in [0.2, 0.25) is 0 Å². The van der Waals surface area contributed by atoms with Crippen LogP contribution in [0, 0.1) is 0 Å². The zero-order valence-corrected chi connectivity index (χ0v) is 13.7. The van der Waals surface area contributed by atoms with Gasteiger partial charge >= 0.3 is 0 Å². The van der Waals surface area contributed by atoms with E-state index < -0.39 is 0 Å². The van der Waals surface area contributed by atoms with Crippen molar-refractivity contribution in [2.45, 2.75) is 70.4 Å². The van der Waals surface area contributed by atoms with E-state index in [2.05, 4.69) is 50.5 Å². The van der Waals surface area contributed by atoms with Gasteiger partial charge in [0.15, 0.2) is 0 Å². The van der Waals surface area contributed by atoms with Crippen LogP contribution in [0.25, 0.3) is 0 Å². The molecule has 0 radical (unpaired) electrons. The summed E-state index contributed by atoms with van der Waals surface area (Å²) in [7, 11) is 0. The minimum Gasteiger partial charge on any atom is -0.378 e. The smallest absolute Gasteiger partial charge is 0.0575 e. The van der Waals surface area contributed by atoms with Crippen LogP contribution in [-0.2, 0) is 10.2 Å². The Morgan fingerprint density at radius 1 is 1.24 bits per heavy atom. The number of nitrogens with two attached hydrogens (primary N) is 1. The Labute approximate surface area is 129 Å². The van der Waals surface area contributed by atoms with Gasteiger partial charge in [-0.3, -0.25) is 11.3 Å². The molecule has 1 saturated heterocycles. The molecule has 1 aliphatic rings. The van der Waals surface area contributed by atoms with E-state index in [1.165, 1.54) is 30.4 Å². The summed E-state index contributed by atoms with van der Waals surface area (Å²) in [5, 5.41) is 0. The maximum atomic E-state index is 5.80. The molecule has 2 unspecified atom stereocenters. The molecule has 118 valence electrons. The molecule has 1 aromatic carbocycles. The van der Waals surface area contributed by atoms with Crippen LogP contribution in [0.15, 0.2) is 24.3 Å². The first-order valence-corrected chi connectivity index (χ1v) is 8.19. The highest BCUT2D eigenvalue weighted by atomic mass is 16.5. The Morgan fingerprint density at radius 2 is 1.95 bits per heavy atom. The van der Waals surface area contributed by atoms with Gasteiger partial charge in [-0.2, -0.15) is 0 Å². The molecule has 1 heterocycles. The first-order chi connectivity index (χ1) is 10.0. The second kappa shape index (κ2) is 7.39. The van der Waals surface area contributed by atoms with E-state index in [4.69, 9.17) is 10.6 Å². The fourth-order valence-corrected chi connectivity index (χ4v) is 2.95. The molecule has 0 aliphatic carbocycles. The summed E-state index contributed by atoms with van der Waals surface area (Å²) >= 11 is 0. The zero-order valence-electron chi connectivity index (χ0n) is 13.7. The van der Waals surface area contributed by atoms with Crippen LogP contribution in [-0.4, -0.2) is 12.7 Å². The van der Waals surface area contributed by atoms with Crippen LogP contribution in [0.2, 0.25) is 0 Å². The average molecular weight is 290 g/mol. The number of hydrogen-bond acceptors (Lipinski definition) is 3. The first kappa shape index (κ1) is 16.5. The predicted molar refractivity (Wildman–Crippen MR) is 88.0 cm³/mol. The summed E-state index contributed by atoms with van der Waals surface area (Å²) in [5.41, 5.74) is 5.78. The van der Waals surface area contributed by atoms with Crippen molar-refractivity contribution >= 4 is 0 Å². The number of nitrogens with one attached hydrogen (secondary N) is 1. The highest BCUT2D eigenvalue weighted by Crippen LogP contribution is 2.26. The van der Waals surface area contributed by atoms with E-state index in [0.717, 1.165) is 19.4 Å². The summed E-state index contributed by atoms with van der Waals surface area (Å²) in [5.74, 6) is 5.75. The lowest BCUT2D eigenvalue weighted by Gasteiger charge is -2.25. The van der Waals surface area contributed by atoms with Crippen LogP contribution >= 0.6 is 0 Å². The second-order valence-electron chi connectivity index (χ2n) is 7.16. The van der Waals surface area contributed by atoms with Gasteiger partial charge < -0.3 is 4.74 Å². The van der Waals surface area contributed by atoms with E-state index in [-0.39, 0.29) is 11.5 Å². The Hall–Kier alpha value is -0.900. The van der Waals surface area contributed by atoms with Crippen LogP contribution in [0.3, 0.4) is 0 Å². The molecule has 1 fully saturated rings.